The van der Waals surface area contributed by atoms with Crippen molar-refractivity contribution in [3.8, 4) is 11.1 Å². The van der Waals surface area contributed by atoms with Crippen LogP contribution in [0, 0.1) is 0 Å². The Morgan fingerprint density at radius 3 is 1.57 bits per heavy atom. The van der Waals surface area contributed by atoms with E-state index in [4.69, 9.17) is 0 Å². The van der Waals surface area contributed by atoms with Crippen LogP contribution in [0.15, 0.2) is 103 Å². The average Bonchev–Trinajstić information content (AvgIpc) is 3.09. The molecule has 4 aromatic carbocycles. The van der Waals surface area contributed by atoms with E-state index in [9.17, 15) is 0 Å². The number of fused-ring (bicyclic) bond motifs is 3. The Morgan fingerprint density at radius 1 is 0.500 bits per heavy atom. The van der Waals surface area contributed by atoms with Crippen molar-refractivity contribution in [3.05, 3.63) is 131 Å². The third kappa shape index (κ3) is 3.09. The summed E-state index contributed by atoms with van der Waals surface area (Å²) in [5, 5.41) is 0. The van der Waals surface area contributed by atoms with Crippen LogP contribution in [-0.4, -0.2) is 0 Å². The van der Waals surface area contributed by atoms with E-state index in [1.165, 1.54) is 50.1 Å². The van der Waals surface area contributed by atoms with Gasteiger partial charge in [-0.1, -0.05) is 118 Å². The topological polar surface area (TPSA) is 0 Å². The van der Waals surface area contributed by atoms with Crippen LogP contribution in [0.3, 0.4) is 0 Å². The zero-order chi connectivity index (χ0) is 20.7. The normalized spacial score (nSPS) is 12.4. The molecule has 0 radical (unpaired) electrons. The summed E-state index contributed by atoms with van der Waals surface area (Å²) in [6.45, 7) is 6.86. The van der Waals surface area contributed by atoms with Crippen LogP contribution in [0.4, 0.5) is 0 Å². The van der Waals surface area contributed by atoms with Gasteiger partial charge in [-0.15, -0.1) is 0 Å². The molecular formula is C30H26. The molecular weight excluding hydrogens is 360 g/mol. The maximum absolute atomic E-state index is 2.41. The number of hydrogen-bond acceptors (Lipinski definition) is 0. The largest absolute Gasteiger partial charge is 0.0622 e. The van der Waals surface area contributed by atoms with Crippen LogP contribution >= 0.6 is 0 Å². The maximum Gasteiger partial charge on any atom is -0.00142 e. The summed E-state index contributed by atoms with van der Waals surface area (Å²) in [5.41, 5.74) is 11.9. The molecule has 4 aromatic rings. The van der Waals surface area contributed by atoms with E-state index in [2.05, 4.69) is 124 Å². The van der Waals surface area contributed by atoms with Crippen molar-refractivity contribution in [1.29, 1.82) is 0 Å². The highest BCUT2D eigenvalue weighted by molar-refractivity contribution is 6.13. The first-order valence-electron chi connectivity index (χ1n) is 10.6. The molecule has 0 unspecified atom stereocenters. The van der Waals surface area contributed by atoms with Crippen molar-refractivity contribution in [1.82, 2.24) is 0 Å². The predicted molar refractivity (Wildman–Crippen MR) is 128 cm³/mol. The third-order valence-corrected chi connectivity index (χ3v) is 6.02. The lowest BCUT2D eigenvalue weighted by atomic mass is 9.83. The van der Waals surface area contributed by atoms with Gasteiger partial charge in [-0.05, 0) is 61.6 Å². The summed E-state index contributed by atoms with van der Waals surface area (Å²) < 4.78 is 0. The Hall–Kier alpha value is -3.38. The first-order chi connectivity index (χ1) is 14.5. The van der Waals surface area contributed by atoms with E-state index >= 15 is 0 Å². The summed E-state index contributed by atoms with van der Waals surface area (Å²) in [5.74, 6) is 0. The van der Waals surface area contributed by atoms with Gasteiger partial charge in [0.05, 0.1) is 0 Å². The van der Waals surface area contributed by atoms with E-state index in [-0.39, 0.29) is 5.41 Å². The third-order valence-electron chi connectivity index (χ3n) is 6.02. The van der Waals surface area contributed by atoms with Gasteiger partial charge in [0, 0.05) is 0 Å². The van der Waals surface area contributed by atoms with Gasteiger partial charge in [0.1, 0.15) is 0 Å². The van der Waals surface area contributed by atoms with Crippen LogP contribution in [0.2, 0.25) is 0 Å². The lowest BCUT2D eigenvalue weighted by molar-refractivity contribution is 0.590. The molecule has 0 heterocycles. The second-order valence-electron chi connectivity index (χ2n) is 9.04. The monoisotopic (exact) mass is 386 g/mol. The van der Waals surface area contributed by atoms with E-state index in [0.29, 0.717) is 0 Å². The molecule has 146 valence electrons. The van der Waals surface area contributed by atoms with Crippen LogP contribution in [-0.2, 0) is 5.41 Å². The van der Waals surface area contributed by atoms with E-state index < -0.39 is 0 Å². The van der Waals surface area contributed by atoms with Gasteiger partial charge in [0.25, 0.3) is 0 Å². The summed E-state index contributed by atoms with van der Waals surface area (Å²) in [6, 6.07) is 37.5. The highest BCUT2D eigenvalue weighted by Crippen LogP contribution is 2.49. The zero-order valence-electron chi connectivity index (χ0n) is 17.8. The van der Waals surface area contributed by atoms with Crippen LogP contribution in [0.5, 0.6) is 0 Å². The molecule has 30 heavy (non-hydrogen) atoms. The standard InChI is InChI=1S/C30H26/c1-30(2,3)23-18-19-25-24-16-10-11-17-26(24)29(27(25)20-23)28(21-12-6-4-7-13-21)22-14-8-5-9-15-22/h4-20H,1-3H3. The van der Waals surface area contributed by atoms with Crippen molar-refractivity contribution in [2.24, 2.45) is 0 Å². The fourth-order valence-electron chi connectivity index (χ4n) is 4.47. The molecule has 0 nitrogen and oxygen atoms in total. The van der Waals surface area contributed by atoms with Crippen LogP contribution < -0.4 is 0 Å². The van der Waals surface area contributed by atoms with Crippen molar-refractivity contribution in [2.75, 3.05) is 0 Å². The maximum atomic E-state index is 2.41. The minimum Gasteiger partial charge on any atom is -0.0622 e. The molecule has 0 aromatic heterocycles. The minimum absolute atomic E-state index is 0.106. The second-order valence-corrected chi connectivity index (χ2v) is 9.04. The summed E-state index contributed by atoms with van der Waals surface area (Å²) in [6.07, 6.45) is 0. The smallest absolute Gasteiger partial charge is 0.00142 e. The lowest BCUT2D eigenvalue weighted by Crippen LogP contribution is -2.11. The Kier molecular flexibility index (Phi) is 4.44. The second kappa shape index (κ2) is 7.15. The molecule has 0 bridgehead atoms. The van der Waals surface area contributed by atoms with Gasteiger partial charge in [0.15, 0.2) is 0 Å². The average molecular weight is 387 g/mol. The Balaban J connectivity index is 1.91. The molecule has 5 rings (SSSR count). The summed E-state index contributed by atoms with van der Waals surface area (Å²) in [4.78, 5) is 0. The first kappa shape index (κ1) is 18.6. The molecule has 0 heteroatoms. The molecule has 0 fully saturated rings. The molecule has 0 spiro atoms. The highest BCUT2D eigenvalue weighted by Gasteiger charge is 2.28. The molecule has 0 saturated carbocycles. The van der Waals surface area contributed by atoms with Gasteiger partial charge >= 0.3 is 0 Å². The molecule has 1 aliphatic rings. The number of benzene rings is 4. The Morgan fingerprint density at radius 2 is 1.00 bits per heavy atom. The molecule has 0 saturated heterocycles. The van der Waals surface area contributed by atoms with E-state index in [1.54, 1.807) is 0 Å². The first-order valence-corrected chi connectivity index (χ1v) is 10.6. The Labute approximate surface area is 179 Å². The van der Waals surface area contributed by atoms with Gasteiger partial charge in [-0.2, -0.15) is 0 Å². The van der Waals surface area contributed by atoms with Gasteiger partial charge in [0.2, 0.25) is 0 Å². The number of hydrogen-bond donors (Lipinski definition) is 0. The molecule has 1 aliphatic carbocycles. The van der Waals surface area contributed by atoms with Crippen molar-refractivity contribution in [2.45, 2.75) is 26.2 Å². The van der Waals surface area contributed by atoms with Crippen LogP contribution in [0.1, 0.15) is 48.6 Å². The van der Waals surface area contributed by atoms with Crippen molar-refractivity contribution < 1.29 is 0 Å². The zero-order valence-corrected chi connectivity index (χ0v) is 17.8. The van der Waals surface area contributed by atoms with Gasteiger partial charge < -0.3 is 0 Å². The van der Waals surface area contributed by atoms with Crippen molar-refractivity contribution in [3.63, 3.8) is 0 Å². The summed E-state index contributed by atoms with van der Waals surface area (Å²) >= 11 is 0. The fourth-order valence-corrected chi connectivity index (χ4v) is 4.47. The predicted octanol–water partition coefficient (Wildman–Crippen LogP) is 7.97. The minimum atomic E-state index is 0.106. The molecule has 0 aliphatic heterocycles. The highest BCUT2D eigenvalue weighted by atomic mass is 14.3. The lowest BCUT2D eigenvalue weighted by Gasteiger charge is -2.21. The van der Waals surface area contributed by atoms with Gasteiger partial charge in [-0.3, -0.25) is 0 Å². The fraction of sp³-hybridized carbons (Fsp3) is 0.133. The Bertz CT molecular complexity index is 1190. The molecule has 0 N–H and O–H groups in total. The molecule has 0 amide bonds. The SMILES string of the molecule is CC(C)(C)c1ccc2c(c1)C(=C(c1ccccc1)c1ccccc1)c1ccccc1-2. The van der Waals surface area contributed by atoms with Crippen LogP contribution in [0.25, 0.3) is 22.3 Å². The molecule has 0 atom stereocenters. The van der Waals surface area contributed by atoms with Crippen molar-refractivity contribution >= 4 is 11.1 Å². The summed E-state index contributed by atoms with van der Waals surface area (Å²) in [7, 11) is 0. The van der Waals surface area contributed by atoms with E-state index in [1.807, 2.05) is 0 Å². The quantitative estimate of drug-likeness (QED) is 0.288. The number of rotatable bonds is 2. The van der Waals surface area contributed by atoms with E-state index in [0.717, 1.165) is 0 Å². The van der Waals surface area contributed by atoms with Gasteiger partial charge in [-0.25, -0.2) is 0 Å².